The van der Waals surface area contributed by atoms with Crippen LogP contribution in [-0.2, 0) is 11.3 Å². The Hall–Kier alpha value is -3.13. The van der Waals surface area contributed by atoms with E-state index in [4.69, 9.17) is 4.74 Å². The average molecular weight is 367 g/mol. The highest BCUT2D eigenvalue weighted by Crippen LogP contribution is 2.19. The van der Waals surface area contributed by atoms with Crippen molar-refractivity contribution in [3.63, 3.8) is 0 Å². The number of hydrogen-bond donors (Lipinski definition) is 2. The predicted molar refractivity (Wildman–Crippen MR) is 99.6 cm³/mol. The smallest absolute Gasteiger partial charge is 0.272 e. The fraction of sp³-hybridized carbons (Fsp3) is 0.316. The first-order valence-electron chi connectivity index (χ1n) is 8.85. The van der Waals surface area contributed by atoms with E-state index < -0.39 is 0 Å². The number of methoxy groups -OCH3 is 1. The Morgan fingerprint density at radius 3 is 3.04 bits per heavy atom. The second-order valence-electron chi connectivity index (χ2n) is 6.52. The van der Waals surface area contributed by atoms with Crippen LogP contribution in [0.15, 0.2) is 42.6 Å². The average Bonchev–Trinajstić information content (AvgIpc) is 3.32. The molecule has 2 N–H and O–H groups in total. The van der Waals surface area contributed by atoms with Gasteiger partial charge in [0, 0.05) is 38.3 Å². The summed E-state index contributed by atoms with van der Waals surface area (Å²) in [5.74, 6) is -0.308. The standard InChI is InChI=1S/C19H21N5O3/c1-27-10-9-24-13(12-23-8-4-7-16(23)19(24)26)11-20-18(25)17-14-5-2-3-6-15(14)21-22-17/h2-8,13H,9-12H2,1H3,(H,20,25)(H,21,22). The lowest BCUT2D eigenvalue weighted by molar-refractivity contribution is 0.0504. The van der Waals surface area contributed by atoms with Crippen LogP contribution in [0.4, 0.5) is 0 Å². The molecule has 27 heavy (non-hydrogen) atoms. The number of amides is 2. The topological polar surface area (TPSA) is 92.2 Å². The number of aromatic amines is 1. The molecule has 0 radical (unpaired) electrons. The minimum absolute atomic E-state index is 0.0484. The van der Waals surface area contributed by atoms with E-state index in [1.807, 2.05) is 47.2 Å². The number of rotatable bonds is 6. The van der Waals surface area contributed by atoms with Crippen LogP contribution in [-0.4, -0.2) is 64.3 Å². The molecule has 140 valence electrons. The minimum Gasteiger partial charge on any atom is -0.383 e. The number of carbonyl (C=O) groups excluding carboxylic acids is 2. The van der Waals surface area contributed by atoms with Crippen LogP contribution < -0.4 is 5.32 Å². The molecule has 8 heteroatoms. The van der Waals surface area contributed by atoms with Crippen molar-refractivity contribution in [2.24, 2.45) is 0 Å². The zero-order valence-electron chi connectivity index (χ0n) is 15.0. The van der Waals surface area contributed by atoms with Gasteiger partial charge in [0.2, 0.25) is 0 Å². The van der Waals surface area contributed by atoms with Crippen LogP contribution in [0, 0.1) is 0 Å². The van der Waals surface area contributed by atoms with Gasteiger partial charge in [0.1, 0.15) is 5.69 Å². The molecule has 1 aliphatic rings. The van der Waals surface area contributed by atoms with Gasteiger partial charge in [-0.3, -0.25) is 14.7 Å². The highest BCUT2D eigenvalue weighted by Gasteiger charge is 2.32. The number of fused-ring (bicyclic) bond motifs is 2. The van der Waals surface area contributed by atoms with Gasteiger partial charge < -0.3 is 19.5 Å². The second-order valence-corrected chi connectivity index (χ2v) is 6.52. The molecule has 8 nitrogen and oxygen atoms in total. The molecule has 1 unspecified atom stereocenters. The van der Waals surface area contributed by atoms with Crippen molar-refractivity contribution in [2.75, 3.05) is 26.8 Å². The van der Waals surface area contributed by atoms with Gasteiger partial charge >= 0.3 is 0 Å². The van der Waals surface area contributed by atoms with E-state index in [0.717, 1.165) is 10.9 Å². The lowest BCUT2D eigenvalue weighted by atomic mass is 10.1. The summed E-state index contributed by atoms with van der Waals surface area (Å²) in [6.45, 7) is 1.89. The van der Waals surface area contributed by atoms with Crippen LogP contribution in [0.3, 0.4) is 0 Å². The molecule has 0 bridgehead atoms. The quantitative estimate of drug-likeness (QED) is 0.686. The molecular formula is C19H21N5O3. The number of benzene rings is 1. The predicted octanol–water partition coefficient (Wildman–Crippen LogP) is 1.27. The molecule has 0 saturated heterocycles. The minimum atomic E-state index is -0.259. The van der Waals surface area contributed by atoms with E-state index in [1.165, 1.54) is 0 Å². The summed E-state index contributed by atoms with van der Waals surface area (Å²) in [5.41, 5.74) is 1.83. The molecule has 3 aromatic rings. The maximum Gasteiger partial charge on any atom is 0.272 e. The molecule has 0 fully saturated rings. The zero-order valence-corrected chi connectivity index (χ0v) is 15.0. The van der Waals surface area contributed by atoms with Gasteiger partial charge in [0.15, 0.2) is 5.69 Å². The number of nitrogens with one attached hydrogen (secondary N) is 2. The zero-order chi connectivity index (χ0) is 18.8. The molecule has 2 aromatic heterocycles. The number of carbonyl (C=O) groups is 2. The van der Waals surface area contributed by atoms with Crippen molar-refractivity contribution < 1.29 is 14.3 Å². The number of aromatic nitrogens is 3. The highest BCUT2D eigenvalue weighted by molar-refractivity contribution is 6.04. The lowest BCUT2D eigenvalue weighted by Crippen LogP contribution is -2.53. The van der Waals surface area contributed by atoms with E-state index in [2.05, 4.69) is 15.5 Å². The third kappa shape index (κ3) is 3.19. The number of hydrogen-bond acceptors (Lipinski definition) is 4. The number of H-pyrrole nitrogens is 1. The molecule has 4 rings (SSSR count). The number of ether oxygens (including phenoxy) is 1. The number of para-hydroxylation sites is 1. The first-order valence-corrected chi connectivity index (χ1v) is 8.85. The van der Waals surface area contributed by atoms with E-state index >= 15 is 0 Å². The highest BCUT2D eigenvalue weighted by atomic mass is 16.5. The Morgan fingerprint density at radius 2 is 2.19 bits per heavy atom. The summed E-state index contributed by atoms with van der Waals surface area (Å²) in [6.07, 6.45) is 1.89. The van der Waals surface area contributed by atoms with E-state index in [0.29, 0.717) is 37.6 Å². The Kier molecular flexibility index (Phi) is 4.64. The lowest BCUT2D eigenvalue weighted by Gasteiger charge is -2.36. The first-order chi connectivity index (χ1) is 13.2. The Bertz CT molecular complexity index is 977. The van der Waals surface area contributed by atoms with Crippen LogP contribution in [0.1, 0.15) is 21.0 Å². The molecule has 0 aliphatic carbocycles. The fourth-order valence-electron chi connectivity index (χ4n) is 3.49. The third-order valence-corrected chi connectivity index (χ3v) is 4.88. The third-order valence-electron chi connectivity index (χ3n) is 4.88. The van der Waals surface area contributed by atoms with Crippen LogP contribution in [0.5, 0.6) is 0 Å². The van der Waals surface area contributed by atoms with Gasteiger partial charge in [0.05, 0.1) is 18.2 Å². The van der Waals surface area contributed by atoms with Gasteiger partial charge in [-0.05, 0) is 18.2 Å². The van der Waals surface area contributed by atoms with Crippen molar-refractivity contribution in [1.82, 2.24) is 25.0 Å². The monoisotopic (exact) mass is 367 g/mol. The van der Waals surface area contributed by atoms with Gasteiger partial charge in [-0.2, -0.15) is 5.10 Å². The summed E-state index contributed by atoms with van der Waals surface area (Å²) in [6, 6.07) is 11.0. The molecule has 0 saturated carbocycles. The Morgan fingerprint density at radius 1 is 1.33 bits per heavy atom. The van der Waals surface area contributed by atoms with Crippen LogP contribution in [0.2, 0.25) is 0 Å². The van der Waals surface area contributed by atoms with Crippen molar-refractivity contribution in [2.45, 2.75) is 12.6 Å². The molecule has 0 spiro atoms. The SMILES string of the molecule is COCCN1C(=O)c2cccn2CC1CNC(=O)c1n[nH]c2ccccc12. The molecule has 1 aliphatic heterocycles. The van der Waals surface area contributed by atoms with E-state index in [-0.39, 0.29) is 17.9 Å². The number of nitrogens with zero attached hydrogens (tertiary/aromatic N) is 3. The molecule has 1 atom stereocenters. The van der Waals surface area contributed by atoms with Crippen molar-refractivity contribution in [3.05, 3.63) is 54.0 Å². The van der Waals surface area contributed by atoms with Gasteiger partial charge in [-0.15, -0.1) is 0 Å². The normalized spacial score (nSPS) is 16.6. The van der Waals surface area contributed by atoms with Crippen molar-refractivity contribution >= 4 is 22.7 Å². The van der Waals surface area contributed by atoms with Crippen LogP contribution in [0.25, 0.3) is 10.9 Å². The molecule has 1 aromatic carbocycles. The van der Waals surface area contributed by atoms with Gasteiger partial charge in [0.25, 0.3) is 11.8 Å². The summed E-state index contributed by atoms with van der Waals surface area (Å²) >= 11 is 0. The molecule has 2 amide bonds. The maximum atomic E-state index is 12.8. The summed E-state index contributed by atoms with van der Waals surface area (Å²) in [5, 5.41) is 10.7. The van der Waals surface area contributed by atoms with E-state index in [1.54, 1.807) is 12.0 Å². The molecular weight excluding hydrogens is 346 g/mol. The summed E-state index contributed by atoms with van der Waals surface area (Å²) in [4.78, 5) is 27.2. The molecule has 3 heterocycles. The fourth-order valence-corrected chi connectivity index (χ4v) is 3.49. The summed E-state index contributed by atoms with van der Waals surface area (Å²) < 4.78 is 7.06. The van der Waals surface area contributed by atoms with Gasteiger partial charge in [-0.25, -0.2) is 0 Å². The van der Waals surface area contributed by atoms with Crippen molar-refractivity contribution in [1.29, 1.82) is 0 Å². The maximum absolute atomic E-state index is 12.8. The van der Waals surface area contributed by atoms with Crippen molar-refractivity contribution in [3.8, 4) is 0 Å². The second kappa shape index (κ2) is 7.24. The Labute approximate surface area is 156 Å². The largest absolute Gasteiger partial charge is 0.383 e. The first kappa shape index (κ1) is 17.3. The Balaban J connectivity index is 1.50. The van der Waals surface area contributed by atoms with E-state index in [9.17, 15) is 9.59 Å². The van der Waals surface area contributed by atoms with Crippen LogP contribution >= 0.6 is 0 Å². The van der Waals surface area contributed by atoms with Gasteiger partial charge in [-0.1, -0.05) is 18.2 Å². The summed E-state index contributed by atoms with van der Waals surface area (Å²) in [7, 11) is 1.61.